The Morgan fingerprint density at radius 2 is 2.45 bits per heavy atom. The number of aromatic nitrogens is 2. The fourth-order valence-electron chi connectivity index (χ4n) is 1.38. The minimum absolute atomic E-state index is 0.562. The van der Waals surface area contributed by atoms with Gasteiger partial charge in [0, 0.05) is 25.0 Å². The van der Waals surface area contributed by atoms with Crippen molar-refractivity contribution in [1.82, 2.24) is 9.78 Å². The second-order valence-electron chi connectivity index (χ2n) is 3.11. The van der Waals surface area contributed by atoms with E-state index in [9.17, 15) is 0 Å². The van der Waals surface area contributed by atoms with Crippen LogP contribution in [0.5, 0.6) is 0 Å². The van der Waals surface area contributed by atoms with Gasteiger partial charge in [0.05, 0.1) is 0 Å². The maximum atomic E-state index is 4.24. The largest absolute Gasteiger partial charge is 0.273 e. The first-order valence-corrected chi connectivity index (χ1v) is 3.82. The second-order valence-corrected chi connectivity index (χ2v) is 3.11. The number of hydrogen-bond acceptors (Lipinski definition) is 2. The third-order valence-electron chi connectivity index (χ3n) is 1.88. The lowest BCUT2D eigenvalue weighted by Crippen LogP contribution is -2.04. The molecule has 1 aliphatic heterocycles. The van der Waals surface area contributed by atoms with Crippen LogP contribution in [0.25, 0.3) is 0 Å². The van der Waals surface area contributed by atoms with E-state index in [2.05, 4.69) is 17.0 Å². The highest BCUT2D eigenvalue weighted by molar-refractivity contribution is 5.68. The molecule has 3 heteroatoms. The van der Waals surface area contributed by atoms with Gasteiger partial charge in [0.15, 0.2) is 5.82 Å². The molecule has 0 radical (unpaired) electrons. The van der Waals surface area contributed by atoms with Crippen LogP contribution in [0.15, 0.2) is 11.2 Å². The monoisotopic (exact) mass is 149 g/mol. The molecule has 0 bridgehead atoms. The average Bonchev–Trinajstić information content (AvgIpc) is 2.27. The molecule has 2 rings (SSSR count). The van der Waals surface area contributed by atoms with E-state index in [0.29, 0.717) is 5.92 Å². The maximum Gasteiger partial charge on any atom is 0.176 e. The Morgan fingerprint density at radius 1 is 1.64 bits per heavy atom. The smallest absolute Gasteiger partial charge is 0.176 e. The maximum absolute atomic E-state index is 4.24. The lowest BCUT2D eigenvalue weighted by atomic mass is 10.0. The summed E-state index contributed by atoms with van der Waals surface area (Å²) in [7, 11) is 1.93. The third kappa shape index (κ3) is 1.06. The predicted octanol–water partition coefficient (Wildman–Crippen LogP) is 1.31. The van der Waals surface area contributed by atoms with Gasteiger partial charge < -0.3 is 0 Å². The molecule has 0 spiro atoms. The molecular weight excluding hydrogens is 138 g/mol. The fourth-order valence-corrected chi connectivity index (χ4v) is 1.38. The molecule has 58 valence electrons. The van der Waals surface area contributed by atoms with Crippen molar-refractivity contribution in [3.8, 4) is 0 Å². The molecule has 0 fully saturated rings. The van der Waals surface area contributed by atoms with Crippen molar-refractivity contribution >= 4 is 12.0 Å². The van der Waals surface area contributed by atoms with Crippen molar-refractivity contribution in [2.45, 2.75) is 13.3 Å². The zero-order valence-electron chi connectivity index (χ0n) is 6.78. The van der Waals surface area contributed by atoms with Gasteiger partial charge in [0.2, 0.25) is 0 Å². The number of aryl methyl sites for hydroxylation is 1. The summed E-state index contributed by atoms with van der Waals surface area (Å²) >= 11 is 0. The first-order chi connectivity index (χ1) is 5.25. The van der Waals surface area contributed by atoms with Crippen LogP contribution < -0.4 is 0 Å². The number of fused-ring (bicyclic) bond motifs is 1. The Hall–Kier alpha value is -1.12. The van der Waals surface area contributed by atoms with Crippen molar-refractivity contribution in [2.24, 2.45) is 18.0 Å². The van der Waals surface area contributed by atoms with Crippen molar-refractivity contribution < 1.29 is 0 Å². The standard InChI is InChI=1S/C8H11N3/c1-6-3-7-5-11(2)10-8(7)9-4-6/h4-6H,3H2,1-2H3. The lowest BCUT2D eigenvalue weighted by molar-refractivity contribution is 0.765. The molecule has 1 aliphatic rings. The summed E-state index contributed by atoms with van der Waals surface area (Å²) in [5.41, 5.74) is 1.27. The minimum Gasteiger partial charge on any atom is -0.273 e. The zero-order chi connectivity index (χ0) is 7.84. The summed E-state index contributed by atoms with van der Waals surface area (Å²) in [5.74, 6) is 1.46. The Morgan fingerprint density at radius 3 is 3.27 bits per heavy atom. The summed E-state index contributed by atoms with van der Waals surface area (Å²) in [6.45, 7) is 2.17. The molecule has 0 amide bonds. The van der Waals surface area contributed by atoms with E-state index >= 15 is 0 Å². The summed E-state index contributed by atoms with van der Waals surface area (Å²) in [4.78, 5) is 4.24. The van der Waals surface area contributed by atoms with E-state index in [1.165, 1.54) is 5.56 Å². The molecule has 0 aliphatic carbocycles. The molecule has 0 saturated carbocycles. The molecule has 1 aromatic rings. The second kappa shape index (κ2) is 2.19. The van der Waals surface area contributed by atoms with Crippen LogP contribution in [-0.4, -0.2) is 16.0 Å². The van der Waals surface area contributed by atoms with Gasteiger partial charge in [0.1, 0.15) is 0 Å². The van der Waals surface area contributed by atoms with Gasteiger partial charge in [-0.25, -0.2) is 4.99 Å². The molecule has 1 unspecified atom stereocenters. The van der Waals surface area contributed by atoms with Gasteiger partial charge in [-0.05, 0) is 12.3 Å². The van der Waals surface area contributed by atoms with Crippen LogP contribution in [0.2, 0.25) is 0 Å². The topological polar surface area (TPSA) is 30.2 Å². The molecule has 11 heavy (non-hydrogen) atoms. The Labute approximate surface area is 65.8 Å². The third-order valence-corrected chi connectivity index (χ3v) is 1.88. The first kappa shape index (κ1) is 6.58. The first-order valence-electron chi connectivity index (χ1n) is 3.82. The van der Waals surface area contributed by atoms with Gasteiger partial charge in [-0.15, -0.1) is 0 Å². The molecule has 0 saturated heterocycles. The molecule has 3 nitrogen and oxygen atoms in total. The SMILES string of the molecule is CC1C=Nc2nn(C)cc2C1. The van der Waals surface area contributed by atoms with E-state index in [0.717, 1.165) is 12.2 Å². The Bertz CT molecular complexity index is 298. The van der Waals surface area contributed by atoms with E-state index in [1.807, 2.05) is 24.1 Å². The highest BCUT2D eigenvalue weighted by atomic mass is 15.3. The van der Waals surface area contributed by atoms with Crippen LogP contribution in [0.4, 0.5) is 5.82 Å². The molecule has 0 N–H and O–H groups in total. The minimum atomic E-state index is 0.562. The summed E-state index contributed by atoms with van der Waals surface area (Å²) in [6, 6.07) is 0. The van der Waals surface area contributed by atoms with Gasteiger partial charge in [-0.1, -0.05) is 6.92 Å². The highest BCUT2D eigenvalue weighted by Crippen LogP contribution is 2.23. The van der Waals surface area contributed by atoms with Crippen LogP contribution in [-0.2, 0) is 13.5 Å². The van der Waals surface area contributed by atoms with E-state index < -0.39 is 0 Å². The van der Waals surface area contributed by atoms with Crippen molar-refractivity contribution in [3.63, 3.8) is 0 Å². The zero-order valence-corrected chi connectivity index (χ0v) is 6.78. The fraction of sp³-hybridized carbons (Fsp3) is 0.500. The number of hydrogen-bond donors (Lipinski definition) is 0. The van der Waals surface area contributed by atoms with E-state index in [1.54, 1.807) is 0 Å². The molecule has 2 heterocycles. The van der Waals surface area contributed by atoms with Gasteiger partial charge >= 0.3 is 0 Å². The predicted molar refractivity (Wildman–Crippen MR) is 44.2 cm³/mol. The molecule has 1 atom stereocenters. The lowest BCUT2D eigenvalue weighted by Gasteiger charge is -2.07. The molecule has 1 aromatic heterocycles. The number of nitrogens with zero attached hydrogens (tertiary/aromatic N) is 3. The normalized spacial score (nSPS) is 21.8. The molecular formula is C8H11N3. The number of aliphatic imine (C=N–C) groups is 1. The van der Waals surface area contributed by atoms with E-state index in [4.69, 9.17) is 0 Å². The summed E-state index contributed by atoms with van der Waals surface area (Å²) in [5, 5.41) is 4.20. The van der Waals surface area contributed by atoms with Crippen molar-refractivity contribution in [1.29, 1.82) is 0 Å². The molecule has 0 aromatic carbocycles. The van der Waals surface area contributed by atoms with E-state index in [-0.39, 0.29) is 0 Å². The van der Waals surface area contributed by atoms with Crippen molar-refractivity contribution in [3.05, 3.63) is 11.8 Å². The van der Waals surface area contributed by atoms with Crippen LogP contribution in [0.1, 0.15) is 12.5 Å². The van der Waals surface area contributed by atoms with Crippen LogP contribution in [0.3, 0.4) is 0 Å². The quantitative estimate of drug-likeness (QED) is 0.547. The van der Waals surface area contributed by atoms with Gasteiger partial charge in [-0.3, -0.25) is 4.68 Å². The van der Waals surface area contributed by atoms with Gasteiger partial charge in [0.25, 0.3) is 0 Å². The highest BCUT2D eigenvalue weighted by Gasteiger charge is 2.13. The summed E-state index contributed by atoms with van der Waals surface area (Å²) in [6.07, 6.45) is 5.09. The Kier molecular flexibility index (Phi) is 1.31. The van der Waals surface area contributed by atoms with Crippen LogP contribution in [0, 0.1) is 5.92 Å². The summed E-state index contributed by atoms with van der Waals surface area (Å²) < 4.78 is 1.82. The van der Waals surface area contributed by atoms with Crippen molar-refractivity contribution in [2.75, 3.05) is 0 Å². The Balaban J connectivity index is 2.44. The van der Waals surface area contributed by atoms with Gasteiger partial charge in [-0.2, -0.15) is 5.10 Å². The van der Waals surface area contributed by atoms with Crippen LogP contribution >= 0.6 is 0 Å². The number of rotatable bonds is 0. The average molecular weight is 149 g/mol.